The van der Waals surface area contributed by atoms with Gasteiger partial charge in [0.2, 0.25) is 15.9 Å². The molecule has 5 atom stereocenters. The molecule has 200 valence electrons. The number of rotatable bonds is 10. The zero-order valence-corrected chi connectivity index (χ0v) is 24.0. The van der Waals surface area contributed by atoms with Crippen LogP contribution in [0, 0.1) is 5.41 Å². The van der Waals surface area contributed by atoms with Crippen molar-refractivity contribution < 1.29 is 13.2 Å². The number of sulfonamides is 1. The number of halogens is 2. The van der Waals surface area contributed by atoms with Crippen molar-refractivity contribution in [1.29, 1.82) is 0 Å². The van der Waals surface area contributed by atoms with E-state index in [1.54, 1.807) is 6.08 Å². The highest BCUT2D eigenvalue weighted by Crippen LogP contribution is 2.52. The lowest BCUT2D eigenvalue weighted by molar-refractivity contribution is -0.155. The first-order chi connectivity index (χ1) is 17.5. The van der Waals surface area contributed by atoms with Crippen LogP contribution in [0.2, 0.25) is 10.0 Å². The second-order valence-corrected chi connectivity index (χ2v) is 13.6. The second-order valence-electron chi connectivity index (χ2n) is 10.8. The Kier molecular flexibility index (Phi) is 8.44. The molecule has 1 aliphatic heterocycles. The Balaban J connectivity index is 1.86. The van der Waals surface area contributed by atoms with Crippen molar-refractivity contribution in [2.45, 2.75) is 82.2 Å². The molecule has 0 bridgehead atoms. The highest BCUT2D eigenvalue weighted by molar-refractivity contribution is 7.90. The van der Waals surface area contributed by atoms with Gasteiger partial charge < -0.3 is 4.90 Å². The second kappa shape index (κ2) is 11.1. The van der Waals surface area contributed by atoms with Crippen LogP contribution < -0.4 is 4.72 Å². The van der Waals surface area contributed by atoms with Crippen LogP contribution in [0.3, 0.4) is 0 Å². The molecule has 0 spiro atoms. The molecule has 1 aliphatic carbocycles. The maximum atomic E-state index is 14.4. The van der Waals surface area contributed by atoms with Gasteiger partial charge in [0, 0.05) is 28.0 Å². The number of hydrogen-bond acceptors (Lipinski definition) is 3. The third-order valence-corrected chi connectivity index (χ3v) is 10.4. The van der Waals surface area contributed by atoms with Crippen molar-refractivity contribution in [2.75, 3.05) is 0 Å². The first-order valence-electron chi connectivity index (χ1n) is 13.0. The number of amides is 1. The molecule has 2 aromatic carbocycles. The lowest BCUT2D eigenvalue weighted by Crippen LogP contribution is -2.60. The number of carbonyl (C=O) groups is 1. The van der Waals surface area contributed by atoms with Gasteiger partial charge in [-0.25, -0.2) is 13.1 Å². The van der Waals surface area contributed by atoms with Gasteiger partial charge in [0.05, 0.1) is 16.7 Å². The van der Waals surface area contributed by atoms with E-state index in [0.717, 1.165) is 11.1 Å². The lowest BCUT2D eigenvalue weighted by atomic mass is 9.67. The molecule has 8 heteroatoms. The van der Waals surface area contributed by atoms with Gasteiger partial charge in [-0.05, 0) is 74.4 Å². The van der Waals surface area contributed by atoms with Crippen molar-refractivity contribution in [3.05, 3.63) is 82.4 Å². The number of hydrogen-bond donors (Lipinski definition) is 1. The molecule has 2 aromatic rings. The summed E-state index contributed by atoms with van der Waals surface area (Å²) in [6, 6.07) is 14.3. The van der Waals surface area contributed by atoms with Gasteiger partial charge in [-0.3, -0.25) is 4.79 Å². The molecule has 2 fully saturated rings. The SMILES string of the molecule is C=CC[C@@]1(C)CC(c2cccc(Cl)c2)[C@@H](c2ccc(Cl)cc2)N(C(CC)[C@H](C)NS(=O)(=O)C2CC2)C1=O. The quantitative estimate of drug-likeness (QED) is 0.321. The smallest absolute Gasteiger partial charge is 0.229 e. The summed E-state index contributed by atoms with van der Waals surface area (Å²) < 4.78 is 28.7. The Morgan fingerprint density at radius 3 is 2.38 bits per heavy atom. The van der Waals surface area contributed by atoms with E-state index in [1.165, 1.54) is 0 Å². The third-order valence-electron chi connectivity index (χ3n) is 7.85. The van der Waals surface area contributed by atoms with E-state index in [0.29, 0.717) is 42.1 Å². The van der Waals surface area contributed by atoms with Crippen molar-refractivity contribution in [1.82, 2.24) is 9.62 Å². The number of piperidine rings is 1. The Bertz CT molecular complexity index is 1250. The molecular weight excluding hydrogens is 527 g/mol. The van der Waals surface area contributed by atoms with Crippen LogP contribution in [0.5, 0.6) is 0 Å². The summed E-state index contributed by atoms with van der Waals surface area (Å²) >= 11 is 12.7. The van der Waals surface area contributed by atoms with Crippen LogP contribution in [0.25, 0.3) is 0 Å². The van der Waals surface area contributed by atoms with Gasteiger partial charge in [0.15, 0.2) is 0 Å². The van der Waals surface area contributed by atoms with E-state index in [-0.39, 0.29) is 29.2 Å². The standard InChI is InChI=1S/C29H36Cl2N2O3S/c1-5-16-29(4)18-25(21-8-7-9-23(31)17-21)27(20-10-12-22(30)13-11-20)33(28(29)34)26(6-2)19(3)32-37(35,36)24-14-15-24/h5,7-13,17,19,24-27,32H,1,6,14-16,18H2,2-4H3/t19-,25?,26?,27+,29-/m0/s1. The van der Waals surface area contributed by atoms with Gasteiger partial charge in [-0.1, -0.05) is 67.4 Å². The average molecular weight is 564 g/mol. The summed E-state index contributed by atoms with van der Waals surface area (Å²) in [4.78, 5) is 16.3. The van der Waals surface area contributed by atoms with E-state index in [9.17, 15) is 13.2 Å². The normalized spacial score (nSPS) is 26.1. The van der Waals surface area contributed by atoms with E-state index in [4.69, 9.17) is 23.2 Å². The van der Waals surface area contributed by atoms with Crippen LogP contribution in [-0.4, -0.2) is 36.6 Å². The topological polar surface area (TPSA) is 66.5 Å². The van der Waals surface area contributed by atoms with Crippen molar-refractivity contribution >= 4 is 39.1 Å². The minimum absolute atomic E-state index is 0.00921. The van der Waals surface area contributed by atoms with Crippen molar-refractivity contribution in [2.24, 2.45) is 5.41 Å². The van der Waals surface area contributed by atoms with Crippen LogP contribution in [0.15, 0.2) is 61.2 Å². The molecule has 37 heavy (non-hydrogen) atoms. The highest BCUT2D eigenvalue weighted by Gasteiger charge is 2.52. The minimum atomic E-state index is -3.43. The molecule has 0 aromatic heterocycles. The summed E-state index contributed by atoms with van der Waals surface area (Å²) in [6.45, 7) is 9.80. The van der Waals surface area contributed by atoms with Gasteiger partial charge in [0.1, 0.15) is 0 Å². The first kappa shape index (κ1) is 28.2. The van der Waals surface area contributed by atoms with Gasteiger partial charge in [0.25, 0.3) is 0 Å². The minimum Gasteiger partial charge on any atom is -0.330 e. The van der Waals surface area contributed by atoms with Crippen LogP contribution in [0.1, 0.15) is 76.0 Å². The Morgan fingerprint density at radius 1 is 1.14 bits per heavy atom. The molecule has 1 heterocycles. The fraction of sp³-hybridized carbons (Fsp3) is 0.483. The van der Waals surface area contributed by atoms with Crippen molar-refractivity contribution in [3.8, 4) is 0 Å². The summed E-state index contributed by atoms with van der Waals surface area (Å²) in [6.07, 6.45) is 4.89. The monoisotopic (exact) mass is 562 g/mol. The molecule has 0 radical (unpaired) electrons. The Morgan fingerprint density at radius 2 is 1.81 bits per heavy atom. The zero-order valence-electron chi connectivity index (χ0n) is 21.7. The Hall–Kier alpha value is -1.86. The van der Waals surface area contributed by atoms with Crippen LogP contribution >= 0.6 is 23.2 Å². The largest absolute Gasteiger partial charge is 0.330 e. The molecule has 1 saturated heterocycles. The van der Waals surface area contributed by atoms with Crippen LogP contribution in [-0.2, 0) is 14.8 Å². The van der Waals surface area contributed by atoms with Gasteiger partial charge in [-0.15, -0.1) is 6.58 Å². The molecule has 1 N–H and O–H groups in total. The van der Waals surface area contributed by atoms with Crippen LogP contribution in [0.4, 0.5) is 0 Å². The summed E-state index contributed by atoms with van der Waals surface area (Å²) in [5.74, 6) is -0.0567. The zero-order chi connectivity index (χ0) is 27.0. The first-order valence-corrected chi connectivity index (χ1v) is 15.3. The lowest BCUT2D eigenvalue weighted by Gasteiger charge is -2.53. The summed E-state index contributed by atoms with van der Waals surface area (Å²) in [5, 5.41) is 0.923. The van der Waals surface area contributed by atoms with Crippen molar-refractivity contribution in [3.63, 3.8) is 0 Å². The highest BCUT2D eigenvalue weighted by atomic mass is 35.5. The molecule has 1 amide bonds. The molecular formula is C29H36Cl2N2O3S. The summed E-state index contributed by atoms with van der Waals surface area (Å²) in [5.41, 5.74) is 1.31. The van der Waals surface area contributed by atoms with E-state index < -0.39 is 21.5 Å². The van der Waals surface area contributed by atoms with E-state index >= 15 is 0 Å². The fourth-order valence-corrected chi connectivity index (χ4v) is 7.81. The molecule has 2 unspecified atom stereocenters. The number of allylic oxidation sites excluding steroid dienone is 1. The van der Waals surface area contributed by atoms with E-state index in [1.807, 2.05) is 68.1 Å². The molecule has 2 aliphatic rings. The predicted octanol–water partition coefficient (Wildman–Crippen LogP) is 6.88. The van der Waals surface area contributed by atoms with E-state index in [2.05, 4.69) is 17.4 Å². The Labute approximate surface area is 231 Å². The molecule has 4 rings (SSSR count). The maximum Gasteiger partial charge on any atom is 0.229 e. The molecule has 1 saturated carbocycles. The third kappa shape index (κ3) is 5.93. The number of likely N-dealkylation sites (tertiary alicyclic amines) is 1. The summed E-state index contributed by atoms with van der Waals surface area (Å²) in [7, 11) is -3.43. The predicted molar refractivity (Wildman–Crippen MR) is 151 cm³/mol. The van der Waals surface area contributed by atoms with Gasteiger partial charge >= 0.3 is 0 Å². The molecule has 5 nitrogen and oxygen atoms in total. The number of nitrogens with zero attached hydrogens (tertiary/aromatic N) is 1. The fourth-order valence-electron chi connectivity index (χ4n) is 5.86. The maximum absolute atomic E-state index is 14.4. The number of carbonyl (C=O) groups excluding carboxylic acids is 1. The van der Waals surface area contributed by atoms with Gasteiger partial charge in [-0.2, -0.15) is 0 Å². The number of nitrogens with one attached hydrogen (secondary N) is 1. The average Bonchev–Trinajstić information content (AvgIpc) is 3.69. The number of benzene rings is 2.